The average molecular weight is 314 g/mol. The molecule has 0 saturated heterocycles. The van der Waals surface area contributed by atoms with Crippen LogP contribution in [0.5, 0.6) is 0 Å². The normalized spacial score (nSPS) is 30.6. The van der Waals surface area contributed by atoms with E-state index in [1.165, 1.54) is 19.3 Å². The number of benzene rings is 1. The Morgan fingerprint density at radius 3 is 2.60 bits per heavy atom. The summed E-state index contributed by atoms with van der Waals surface area (Å²) in [5.74, 6) is 1.99. The average Bonchev–Trinajstić information content (AvgIpc) is 3.00. The number of fused-ring (bicyclic) bond motifs is 2. The third-order valence-electron chi connectivity index (χ3n) is 4.90. The lowest BCUT2D eigenvalue weighted by Crippen LogP contribution is -2.40. The quantitative estimate of drug-likeness (QED) is 0.925. The highest BCUT2D eigenvalue weighted by Crippen LogP contribution is 2.49. The Hall–Kier alpha value is -0.580. The first-order valence-corrected chi connectivity index (χ1v) is 9.10. The van der Waals surface area contributed by atoms with E-state index in [2.05, 4.69) is 4.72 Å². The highest BCUT2D eigenvalue weighted by atomic mass is 35.5. The van der Waals surface area contributed by atoms with Crippen LogP contribution in [-0.4, -0.2) is 14.5 Å². The van der Waals surface area contributed by atoms with Gasteiger partial charge in [0, 0.05) is 6.04 Å². The van der Waals surface area contributed by atoms with E-state index in [0.29, 0.717) is 11.8 Å². The van der Waals surface area contributed by atoms with E-state index in [-0.39, 0.29) is 16.0 Å². The minimum absolute atomic E-state index is 0.0217. The van der Waals surface area contributed by atoms with Gasteiger partial charge in [0.2, 0.25) is 10.0 Å². The molecule has 4 atom stereocenters. The summed E-state index contributed by atoms with van der Waals surface area (Å²) in [6.07, 6.45) is 5.03. The topological polar surface area (TPSA) is 46.2 Å². The standard InChI is InChI=1S/C15H20ClNO2S/c1-10(13-9-11-6-7-12(13)8-11)17-20(18,19)15-5-3-2-4-14(15)16/h2-5,10-13,17H,6-9H2,1H3/t10-,11+,12+,13-/m1/s1. The zero-order valence-electron chi connectivity index (χ0n) is 11.5. The summed E-state index contributed by atoms with van der Waals surface area (Å²) in [6, 6.07) is 6.58. The lowest BCUT2D eigenvalue weighted by molar-refractivity contribution is 0.280. The summed E-state index contributed by atoms with van der Waals surface area (Å²) >= 11 is 6.00. The highest BCUT2D eigenvalue weighted by molar-refractivity contribution is 7.89. The van der Waals surface area contributed by atoms with E-state index in [1.54, 1.807) is 24.3 Å². The largest absolute Gasteiger partial charge is 0.242 e. The van der Waals surface area contributed by atoms with E-state index in [1.807, 2.05) is 6.92 Å². The zero-order valence-corrected chi connectivity index (χ0v) is 13.1. The molecule has 0 heterocycles. The van der Waals surface area contributed by atoms with Crippen LogP contribution < -0.4 is 4.72 Å². The molecule has 2 bridgehead atoms. The smallest absolute Gasteiger partial charge is 0.208 e. The van der Waals surface area contributed by atoms with Crippen molar-refractivity contribution in [1.29, 1.82) is 0 Å². The van der Waals surface area contributed by atoms with Crippen molar-refractivity contribution in [3.63, 3.8) is 0 Å². The molecule has 5 heteroatoms. The number of rotatable bonds is 4. The van der Waals surface area contributed by atoms with Crippen LogP contribution in [0.2, 0.25) is 5.02 Å². The predicted octanol–water partition coefficient (Wildman–Crippen LogP) is 3.44. The van der Waals surface area contributed by atoms with E-state index in [0.717, 1.165) is 12.3 Å². The van der Waals surface area contributed by atoms with Gasteiger partial charge in [0.1, 0.15) is 4.90 Å². The maximum absolute atomic E-state index is 12.4. The monoisotopic (exact) mass is 313 g/mol. The van der Waals surface area contributed by atoms with Crippen LogP contribution in [0.1, 0.15) is 32.6 Å². The fraction of sp³-hybridized carbons (Fsp3) is 0.600. The molecule has 110 valence electrons. The van der Waals surface area contributed by atoms with Gasteiger partial charge in [-0.25, -0.2) is 13.1 Å². The molecule has 0 aromatic heterocycles. The number of nitrogens with one attached hydrogen (secondary N) is 1. The van der Waals surface area contributed by atoms with Crippen LogP contribution in [0.3, 0.4) is 0 Å². The van der Waals surface area contributed by atoms with E-state index in [4.69, 9.17) is 11.6 Å². The molecule has 20 heavy (non-hydrogen) atoms. The summed E-state index contributed by atoms with van der Waals surface area (Å²) < 4.78 is 27.7. The molecule has 0 aliphatic heterocycles. The molecule has 3 nitrogen and oxygen atoms in total. The van der Waals surface area contributed by atoms with Gasteiger partial charge in [-0.2, -0.15) is 0 Å². The molecule has 3 rings (SSSR count). The van der Waals surface area contributed by atoms with Crippen LogP contribution in [-0.2, 0) is 10.0 Å². The van der Waals surface area contributed by atoms with E-state index in [9.17, 15) is 8.42 Å². The van der Waals surface area contributed by atoms with Crippen LogP contribution in [0.4, 0.5) is 0 Å². The van der Waals surface area contributed by atoms with Crippen molar-refractivity contribution >= 4 is 21.6 Å². The maximum atomic E-state index is 12.4. The lowest BCUT2D eigenvalue weighted by atomic mass is 9.84. The molecule has 1 aromatic carbocycles. The molecule has 2 aliphatic carbocycles. The Morgan fingerprint density at radius 1 is 1.25 bits per heavy atom. The van der Waals surface area contributed by atoms with Gasteiger partial charge in [-0.15, -0.1) is 0 Å². The zero-order chi connectivity index (χ0) is 14.3. The Balaban J connectivity index is 1.75. The fourth-order valence-electron chi connectivity index (χ4n) is 3.96. The summed E-state index contributed by atoms with van der Waals surface area (Å²) in [5.41, 5.74) is 0. The summed E-state index contributed by atoms with van der Waals surface area (Å²) in [4.78, 5) is 0.177. The molecule has 1 aromatic rings. The second-order valence-electron chi connectivity index (χ2n) is 6.18. The second kappa shape index (κ2) is 5.32. The molecular formula is C15H20ClNO2S. The van der Waals surface area contributed by atoms with Gasteiger partial charge >= 0.3 is 0 Å². The molecule has 0 unspecified atom stereocenters. The molecule has 1 N–H and O–H groups in total. The molecule has 0 amide bonds. The SMILES string of the molecule is C[C@@H](NS(=O)(=O)c1ccccc1Cl)[C@H]1C[C@H]2CC[C@H]1C2. The third kappa shape index (κ3) is 2.61. The summed E-state index contributed by atoms with van der Waals surface area (Å²) in [6.45, 7) is 1.99. The molecule has 0 radical (unpaired) electrons. The van der Waals surface area contributed by atoms with Crippen LogP contribution in [0, 0.1) is 17.8 Å². The minimum atomic E-state index is -3.53. The fourth-order valence-corrected chi connectivity index (χ4v) is 5.78. The van der Waals surface area contributed by atoms with Gasteiger partial charge in [0.15, 0.2) is 0 Å². The molecule has 2 fully saturated rings. The first-order valence-electron chi connectivity index (χ1n) is 7.24. The van der Waals surface area contributed by atoms with Crippen LogP contribution >= 0.6 is 11.6 Å². The van der Waals surface area contributed by atoms with Crippen molar-refractivity contribution in [1.82, 2.24) is 4.72 Å². The van der Waals surface area contributed by atoms with Crippen molar-refractivity contribution in [3.8, 4) is 0 Å². The maximum Gasteiger partial charge on any atom is 0.242 e. The number of hydrogen-bond acceptors (Lipinski definition) is 2. The summed E-state index contributed by atoms with van der Waals surface area (Å²) in [7, 11) is -3.53. The van der Waals surface area contributed by atoms with Crippen LogP contribution in [0.15, 0.2) is 29.2 Å². The molecule has 0 spiro atoms. The van der Waals surface area contributed by atoms with E-state index >= 15 is 0 Å². The Bertz CT molecular complexity index is 602. The molecule has 2 aliphatic rings. The number of halogens is 1. The van der Waals surface area contributed by atoms with Gasteiger partial charge in [-0.3, -0.25) is 0 Å². The molecular weight excluding hydrogens is 294 g/mol. The first kappa shape index (κ1) is 14.4. The minimum Gasteiger partial charge on any atom is -0.208 e. The number of sulfonamides is 1. The lowest BCUT2D eigenvalue weighted by Gasteiger charge is -2.28. The van der Waals surface area contributed by atoms with Crippen molar-refractivity contribution in [3.05, 3.63) is 29.3 Å². The van der Waals surface area contributed by atoms with Gasteiger partial charge < -0.3 is 0 Å². The Kier molecular flexibility index (Phi) is 3.82. The Labute approximate surface area is 125 Å². The van der Waals surface area contributed by atoms with Gasteiger partial charge in [-0.05, 0) is 56.1 Å². The first-order chi connectivity index (χ1) is 9.47. The van der Waals surface area contributed by atoms with Crippen molar-refractivity contribution in [2.75, 3.05) is 0 Å². The predicted molar refractivity (Wildman–Crippen MR) is 80.2 cm³/mol. The van der Waals surface area contributed by atoms with Crippen LogP contribution in [0.25, 0.3) is 0 Å². The third-order valence-corrected chi connectivity index (χ3v) is 6.96. The van der Waals surface area contributed by atoms with E-state index < -0.39 is 10.0 Å². The van der Waals surface area contributed by atoms with Gasteiger partial charge in [-0.1, -0.05) is 30.2 Å². The Morgan fingerprint density at radius 2 is 2.00 bits per heavy atom. The summed E-state index contributed by atoms with van der Waals surface area (Å²) in [5, 5.41) is 0.278. The number of hydrogen-bond donors (Lipinski definition) is 1. The van der Waals surface area contributed by atoms with Crippen molar-refractivity contribution in [2.45, 2.75) is 43.5 Å². The second-order valence-corrected chi connectivity index (χ2v) is 8.27. The molecule has 2 saturated carbocycles. The van der Waals surface area contributed by atoms with Crippen molar-refractivity contribution < 1.29 is 8.42 Å². The van der Waals surface area contributed by atoms with Gasteiger partial charge in [0.25, 0.3) is 0 Å². The highest BCUT2D eigenvalue weighted by Gasteiger charge is 2.42. The van der Waals surface area contributed by atoms with Gasteiger partial charge in [0.05, 0.1) is 5.02 Å². The van der Waals surface area contributed by atoms with Crippen molar-refractivity contribution in [2.24, 2.45) is 17.8 Å².